The lowest BCUT2D eigenvalue weighted by molar-refractivity contribution is 0.313. The molecule has 0 aliphatic heterocycles. The first-order valence-corrected chi connectivity index (χ1v) is 7.15. The Morgan fingerprint density at radius 2 is 2.00 bits per heavy atom. The summed E-state index contributed by atoms with van der Waals surface area (Å²) in [5.74, 6) is 1.57. The molecule has 0 radical (unpaired) electrons. The van der Waals surface area contributed by atoms with Crippen LogP contribution in [0, 0.1) is 0 Å². The molecule has 0 aliphatic carbocycles. The van der Waals surface area contributed by atoms with Crippen LogP contribution in [0.25, 0.3) is 0 Å². The quantitative estimate of drug-likeness (QED) is 0.628. The maximum Gasteiger partial charge on any atom is 0.280 e. The molecule has 1 N–H and O–H groups in total. The van der Waals surface area contributed by atoms with E-state index in [1.807, 2.05) is 18.2 Å². The van der Waals surface area contributed by atoms with Crippen molar-refractivity contribution in [1.29, 1.82) is 0 Å². The standard InChI is InChI=1S/C15H19NO2S/c1-15(9-5-6-10-19,12-7-3-2-4-8-12)13-11-14(17)16-18-13/h2-4,7-8,11,19H,5-6,9-10H2,1H3,(H,16,17). The number of H-pyrrole nitrogens is 1. The van der Waals surface area contributed by atoms with Gasteiger partial charge in [-0.15, -0.1) is 0 Å². The number of nitrogens with one attached hydrogen (secondary N) is 1. The maximum absolute atomic E-state index is 11.3. The Morgan fingerprint density at radius 1 is 1.26 bits per heavy atom. The SMILES string of the molecule is CC(CCCCS)(c1ccccc1)c1cc(=O)[nH]o1. The molecule has 0 aliphatic rings. The molecule has 3 nitrogen and oxygen atoms in total. The molecule has 2 aromatic rings. The number of unbranched alkanes of at least 4 members (excludes halogenated alkanes) is 1. The van der Waals surface area contributed by atoms with E-state index in [4.69, 9.17) is 4.52 Å². The molecule has 4 heteroatoms. The summed E-state index contributed by atoms with van der Waals surface area (Å²) in [7, 11) is 0. The number of thiol groups is 1. The van der Waals surface area contributed by atoms with E-state index in [1.54, 1.807) is 6.07 Å². The average molecular weight is 277 g/mol. The minimum Gasteiger partial charge on any atom is -0.383 e. The predicted octanol–water partition coefficient (Wildman–Crippen LogP) is 3.37. The average Bonchev–Trinajstić information content (AvgIpc) is 2.87. The van der Waals surface area contributed by atoms with Crippen LogP contribution >= 0.6 is 12.6 Å². The van der Waals surface area contributed by atoms with Crippen LogP contribution in [0.2, 0.25) is 0 Å². The van der Waals surface area contributed by atoms with E-state index < -0.39 is 0 Å². The molecule has 1 aromatic heterocycles. The number of aromatic amines is 1. The van der Waals surface area contributed by atoms with E-state index in [0.29, 0.717) is 5.76 Å². The number of benzene rings is 1. The molecule has 102 valence electrons. The van der Waals surface area contributed by atoms with Crippen LogP contribution in [0.4, 0.5) is 0 Å². The molecular weight excluding hydrogens is 258 g/mol. The Labute approximate surface area is 118 Å². The van der Waals surface area contributed by atoms with Crippen molar-refractivity contribution in [2.24, 2.45) is 0 Å². The molecule has 19 heavy (non-hydrogen) atoms. The number of rotatable bonds is 6. The van der Waals surface area contributed by atoms with E-state index >= 15 is 0 Å². The lowest BCUT2D eigenvalue weighted by Gasteiger charge is -2.27. The van der Waals surface area contributed by atoms with Crippen molar-refractivity contribution in [3.63, 3.8) is 0 Å². The predicted molar refractivity (Wildman–Crippen MR) is 79.9 cm³/mol. The fraction of sp³-hybridized carbons (Fsp3) is 0.400. The van der Waals surface area contributed by atoms with E-state index in [2.05, 4.69) is 36.8 Å². The van der Waals surface area contributed by atoms with Crippen molar-refractivity contribution >= 4 is 12.6 Å². The van der Waals surface area contributed by atoms with Gasteiger partial charge in [0, 0.05) is 6.07 Å². The van der Waals surface area contributed by atoms with Gasteiger partial charge in [-0.05, 0) is 31.1 Å². The summed E-state index contributed by atoms with van der Waals surface area (Å²) in [5, 5.41) is 2.39. The first-order chi connectivity index (χ1) is 9.16. The second kappa shape index (κ2) is 6.15. The van der Waals surface area contributed by atoms with Gasteiger partial charge < -0.3 is 4.52 Å². The lowest BCUT2D eigenvalue weighted by atomic mass is 9.76. The second-order valence-electron chi connectivity index (χ2n) is 4.96. The van der Waals surface area contributed by atoms with Gasteiger partial charge in [0.2, 0.25) is 0 Å². The minimum atomic E-state index is -0.274. The third-order valence-electron chi connectivity index (χ3n) is 3.56. The zero-order valence-electron chi connectivity index (χ0n) is 11.1. The van der Waals surface area contributed by atoms with Crippen LogP contribution in [0.3, 0.4) is 0 Å². The topological polar surface area (TPSA) is 46.0 Å². The Bertz CT molecular complexity index is 561. The summed E-state index contributed by atoms with van der Waals surface area (Å²) in [6.07, 6.45) is 3.03. The van der Waals surface area contributed by atoms with E-state index in [0.717, 1.165) is 30.6 Å². The first kappa shape index (κ1) is 14.0. The highest BCUT2D eigenvalue weighted by Crippen LogP contribution is 2.36. The van der Waals surface area contributed by atoms with Gasteiger partial charge in [0.1, 0.15) is 5.76 Å². The molecule has 0 fully saturated rings. The van der Waals surface area contributed by atoms with Gasteiger partial charge >= 0.3 is 0 Å². The molecule has 1 heterocycles. The summed E-state index contributed by atoms with van der Waals surface area (Å²) in [4.78, 5) is 11.3. The smallest absolute Gasteiger partial charge is 0.280 e. The lowest BCUT2D eigenvalue weighted by Crippen LogP contribution is -2.23. The largest absolute Gasteiger partial charge is 0.383 e. The summed E-state index contributed by atoms with van der Waals surface area (Å²) < 4.78 is 5.36. The third kappa shape index (κ3) is 3.13. The van der Waals surface area contributed by atoms with Gasteiger partial charge in [-0.2, -0.15) is 17.8 Å². The molecule has 1 atom stereocenters. The summed E-state index contributed by atoms with van der Waals surface area (Å²) in [6.45, 7) is 2.12. The normalized spacial score (nSPS) is 14.2. The molecule has 0 amide bonds. The summed E-state index contributed by atoms with van der Waals surface area (Å²) in [6, 6.07) is 11.7. The zero-order chi connectivity index (χ0) is 13.7. The summed E-state index contributed by atoms with van der Waals surface area (Å²) >= 11 is 4.25. The van der Waals surface area contributed by atoms with Crippen molar-refractivity contribution in [3.8, 4) is 0 Å². The highest BCUT2D eigenvalue weighted by molar-refractivity contribution is 7.80. The Morgan fingerprint density at radius 3 is 2.58 bits per heavy atom. The first-order valence-electron chi connectivity index (χ1n) is 6.52. The van der Waals surface area contributed by atoms with Crippen LogP contribution in [0.5, 0.6) is 0 Å². The van der Waals surface area contributed by atoms with Gasteiger partial charge in [-0.3, -0.25) is 4.79 Å². The van der Waals surface area contributed by atoms with E-state index in [-0.39, 0.29) is 11.0 Å². The second-order valence-corrected chi connectivity index (χ2v) is 5.40. The summed E-state index contributed by atoms with van der Waals surface area (Å²) in [5.41, 5.74) is 0.701. The highest BCUT2D eigenvalue weighted by Gasteiger charge is 2.32. The number of hydrogen-bond acceptors (Lipinski definition) is 3. The molecule has 1 aromatic carbocycles. The van der Waals surface area contributed by atoms with Crippen LogP contribution < -0.4 is 5.56 Å². The van der Waals surface area contributed by atoms with Crippen molar-refractivity contribution < 1.29 is 4.52 Å². The van der Waals surface area contributed by atoms with E-state index in [9.17, 15) is 4.79 Å². The van der Waals surface area contributed by atoms with Crippen molar-refractivity contribution in [2.75, 3.05) is 5.75 Å². The molecule has 0 saturated heterocycles. The Hall–Kier alpha value is -1.42. The minimum absolute atomic E-state index is 0.189. The number of hydrogen-bond donors (Lipinski definition) is 2. The maximum atomic E-state index is 11.3. The van der Waals surface area contributed by atoms with Crippen LogP contribution in [-0.2, 0) is 5.41 Å². The molecule has 1 unspecified atom stereocenters. The zero-order valence-corrected chi connectivity index (χ0v) is 12.0. The van der Waals surface area contributed by atoms with Gasteiger partial charge in [-0.25, -0.2) is 0 Å². The van der Waals surface area contributed by atoms with Crippen molar-refractivity contribution in [2.45, 2.75) is 31.6 Å². The highest BCUT2D eigenvalue weighted by atomic mass is 32.1. The van der Waals surface area contributed by atoms with Crippen molar-refractivity contribution in [1.82, 2.24) is 5.16 Å². The van der Waals surface area contributed by atoms with Crippen LogP contribution in [0.15, 0.2) is 45.7 Å². The van der Waals surface area contributed by atoms with E-state index in [1.165, 1.54) is 0 Å². The molecule has 2 rings (SSSR count). The molecular formula is C15H19NO2S. The van der Waals surface area contributed by atoms with Crippen LogP contribution in [-0.4, -0.2) is 10.9 Å². The monoisotopic (exact) mass is 277 g/mol. The fourth-order valence-corrected chi connectivity index (χ4v) is 2.58. The van der Waals surface area contributed by atoms with Crippen LogP contribution in [0.1, 0.15) is 37.5 Å². The molecule has 0 spiro atoms. The van der Waals surface area contributed by atoms with Crippen molar-refractivity contribution in [3.05, 3.63) is 58.1 Å². The Balaban J connectivity index is 2.35. The number of aromatic nitrogens is 1. The molecule has 0 saturated carbocycles. The van der Waals surface area contributed by atoms with Gasteiger partial charge in [0.25, 0.3) is 5.56 Å². The van der Waals surface area contributed by atoms with Gasteiger partial charge in [0.15, 0.2) is 0 Å². The molecule has 0 bridgehead atoms. The van der Waals surface area contributed by atoms with Gasteiger partial charge in [0.05, 0.1) is 5.41 Å². The Kier molecular flexibility index (Phi) is 4.53. The van der Waals surface area contributed by atoms with Gasteiger partial charge in [-0.1, -0.05) is 36.8 Å². The third-order valence-corrected chi connectivity index (χ3v) is 3.88. The fourth-order valence-electron chi connectivity index (χ4n) is 2.36.